The summed E-state index contributed by atoms with van der Waals surface area (Å²) < 4.78 is 2.38. The maximum Gasteiger partial charge on any atom is 0.255 e. The van der Waals surface area contributed by atoms with Crippen LogP contribution in [0, 0.1) is 0 Å². The number of fused-ring (bicyclic) bond motifs is 2. The topological polar surface area (TPSA) is 99.6 Å². The van der Waals surface area contributed by atoms with E-state index >= 15 is 0 Å². The van der Waals surface area contributed by atoms with Crippen molar-refractivity contribution in [1.29, 1.82) is 0 Å². The summed E-state index contributed by atoms with van der Waals surface area (Å²) in [7, 11) is 0. The first-order valence-electron chi connectivity index (χ1n) is 12.3. The fraction of sp³-hybridized carbons (Fsp3) is 0.520. The van der Waals surface area contributed by atoms with Crippen molar-refractivity contribution in [2.45, 2.75) is 63.8 Å². The number of imidazole rings is 1. The summed E-state index contributed by atoms with van der Waals surface area (Å²) in [6, 6.07) is 5.89. The van der Waals surface area contributed by atoms with Crippen LogP contribution in [0.1, 0.15) is 64.6 Å². The van der Waals surface area contributed by atoms with E-state index in [0.717, 1.165) is 55.0 Å². The molecule has 1 aromatic heterocycles. The minimum atomic E-state index is -0.582. The Morgan fingerprint density at radius 2 is 2.00 bits per heavy atom. The molecule has 4 aliphatic heterocycles. The van der Waals surface area contributed by atoms with Gasteiger partial charge in [0.15, 0.2) is 0 Å². The van der Waals surface area contributed by atoms with Crippen LogP contribution in [0.25, 0.3) is 0 Å². The minimum Gasteiger partial charge on any atom is -0.330 e. The molecule has 3 amide bonds. The minimum absolute atomic E-state index is 0.105. The number of carbonyl (C=O) groups excluding carboxylic acids is 3. The summed E-state index contributed by atoms with van der Waals surface area (Å²) in [5, 5.41) is 5.87. The predicted molar refractivity (Wildman–Crippen MR) is 124 cm³/mol. The number of hydrogen-bond donors (Lipinski definition) is 2. The highest BCUT2D eigenvalue weighted by Gasteiger charge is 2.40. The zero-order valence-electron chi connectivity index (χ0n) is 19.3. The van der Waals surface area contributed by atoms with Gasteiger partial charge in [0.05, 0.1) is 12.0 Å². The lowest BCUT2D eigenvalue weighted by atomic mass is 10.0. The van der Waals surface area contributed by atoms with Crippen molar-refractivity contribution in [1.82, 2.24) is 30.0 Å². The van der Waals surface area contributed by atoms with Gasteiger partial charge < -0.3 is 14.8 Å². The van der Waals surface area contributed by atoms with Gasteiger partial charge in [-0.2, -0.15) is 0 Å². The van der Waals surface area contributed by atoms with Crippen LogP contribution < -0.4 is 10.6 Å². The Bertz CT molecular complexity index is 1150. The van der Waals surface area contributed by atoms with E-state index in [1.807, 2.05) is 24.5 Å². The maximum atomic E-state index is 13.4. The summed E-state index contributed by atoms with van der Waals surface area (Å²) in [6.07, 6.45) is 6.01. The van der Waals surface area contributed by atoms with Gasteiger partial charge in [0.2, 0.25) is 11.8 Å². The standard InChI is InChI=1S/C25H30N6O3/c32-22-7-6-21(24(33)28-22)30-13-17-4-1-3-16(23(17)25(30)34)12-29-10-8-20-19(14-29)27-15-31(20)18-5-2-9-26-11-18/h1,3-4,15,18,21,26H,2,5-14H2,(H,28,32,33). The van der Waals surface area contributed by atoms with E-state index in [4.69, 9.17) is 4.98 Å². The molecular weight excluding hydrogens is 432 g/mol. The highest BCUT2D eigenvalue weighted by atomic mass is 16.2. The van der Waals surface area contributed by atoms with Crippen LogP contribution in [0.2, 0.25) is 0 Å². The number of hydrogen-bond acceptors (Lipinski definition) is 6. The first-order valence-corrected chi connectivity index (χ1v) is 12.3. The van der Waals surface area contributed by atoms with Gasteiger partial charge in [-0.05, 0) is 36.9 Å². The summed E-state index contributed by atoms with van der Waals surface area (Å²) in [4.78, 5) is 46.0. The van der Waals surface area contributed by atoms with E-state index in [9.17, 15) is 14.4 Å². The quantitative estimate of drug-likeness (QED) is 0.661. The second-order valence-corrected chi connectivity index (χ2v) is 9.86. The average molecular weight is 463 g/mol. The van der Waals surface area contributed by atoms with E-state index in [1.165, 1.54) is 18.5 Å². The van der Waals surface area contributed by atoms with Crippen LogP contribution in [0.5, 0.6) is 0 Å². The number of nitrogens with zero attached hydrogens (tertiary/aromatic N) is 4. The van der Waals surface area contributed by atoms with Gasteiger partial charge in [-0.25, -0.2) is 4.98 Å². The highest BCUT2D eigenvalue weighted by molar-refractivity contribution is 6.06. The van der Waals surface area contributed by atoms with Crippen molar-refractivity contribution in [2.24, 2.45) is 0 Å². The van der Waals surface area contributed by atoms with Gasteiger partial charge in [0, 0.05) is 62.9 Å². The van der Waals surface area contributed by atoms with Gasteiger partial charge in [-0.15, -0.1) is 0 Å². The number of imide groups is 1. The molecule has 2 saturated heterocycles. The Morgan fingerprint density at radius 3 is 2.82 bits per heavy atom. The van der Waals surface area contributed by atoms with Crippen LogP contribution in [0.4, 0.5) is 0 Å². The lowest BCUT2D eigenvalue weighted by Gasteiger charge is -2.31. The van der Waals surface area contributed by atoms with Crippen LogP contribution in [-0.2, 0) is 35.6 Å². The zero-order chi connectivity index (χ0) is 23.2. The SMILES string of the molecule is O=C1CCC(N2Cc3cccc(CN4CCc5c(ncn5C5CCCNC5)C4)c3C2=O)C(=O)N1. The first-order chi connectivity index (χ1) is 16.6. The van der Waals surface area contributed by atoms with Gasteiger partial charge in [0.25, 0.3) is 5.91 Å². The van der Waals surface area contributed by atoms with Crippen molar-refractivity contribution >= 4 is 17.7 Å². The van der Waals surface area contributed by atoms with E-state index in [0.29, 0.717) is 25.6 Å². The molecule has 2 unspecified atom stereocenters. The van der Waals surface area contributed by atoms with Crippen molar-refractivity contribution in [3.63, 3.8) is 0 Å². The highest BCUT2D eigenvalue weighted by Crippen LogP contribution is 2.32. The van der Waals surface area contributed by atoms with E-state index < -0.39 is 6.04 Å². The smallest absolute Gasteiger partial charge is 0.255 e. The molecule has 2 N–H and O–H groups in total. The normalized spacial score (nSPS) is 25.3. The summed E-state index contributed by atoms with van der Waals surface area (Å²) >= 11 is 0. The van der Waals surface area contributed by atoms with Crippen LogP contribution in [-0.4, -0.2) is 62.7 Å². The largest absolute Gasteiger partial charge is 0.330 e. The molecule has 6 rings (SSSR count). The molecule has 5 heterocycles. The first kappa shape index (κ1) is 21.5. The molecule has 0 bridgehead atoms. The summed E-state index contributed by atoms with van der Waals surface area (Å²) in [5.74, 6) is -0.740. The van der Waals surface area contributed by atoms with Crippen molar-refractivity contribution in [3.05, 3.63) is 52.6 Å². The maximum absolute atomic E-state index is 13.4. The van der Waals surface area contributed by atoms with E-state index in [2.05, 4.69) is 20.1 Å². The van der Waals surface area contributed by atoms with Crippen LogP contribution >= 0.6 is 0 Å². The number of nitrogens with one attached hydrogen (secondary N) is 2. The molecule has 0 spiro atoms. The molecule has 2 aromatic rings. The summed E-state index contributed by atoms with van der Waals surface area (Å²) in [6.45, 7) is 4.90. The third kappa shape index (κ3) is 3.73. The Morgan fingerprint density at radius 1 is 1.09 bits per heavy atom. The number of benzene rings is 1. The molecule has 0 radical (unpaired) electrons. The van der Waals surface area contributed by atoms with Gasteiger partial charge in [-0.1, -0.05) is 18.2 Å². The molecule has 2 fully saturated rings. The Kier molecular flexibility index (Phi) is 5.45. The molecule has 0 aliphatic carbocycles. The van der Waals surface area contributed by atoms with Gasteiger partial charge in [-0.3, -0.25) is 24.6 Å². The van der Waals surface area contributed by atoms with Crippen LogP contribution in [0.15, 0.2) is 24.5 Å². The van der Waals surface area contributed by atoms with E-state index in [-0.39, 0.29) is 24.1 Å². The van der Waals surface area contributed by atoms with Crippen molar-refractivity contribution < 1.29 is 14.4 Å². The number of amides is 3. The molecule has 0 saturated carbocycles. The third-order valence-electron chi connectivity index (χ3n) is 7.72. The fourth-order valence-corrected chi connectivity index (χ4v) is 5.97. The Hall–Kier alpha value is -3.04. The Balaban J connectivity index is 1.18. The second kappa shape index (κ2) is 8.63. The van der Waals surface area contributed by atoms with Crippen molar-refractivity contribution in [3.8, 4) is 0 Å². The fourth-order valence-electron chi connectivity index (χ4n) is 5.97. The molecule has 34 heavy (non-hydrogen) atoms. The molecule has 1 aromatic carbocycles. The molecule has 178 valence electrons. The predicted octanol–water partition coefficient (Wildman–Crippen LogP) is 1.13. The van der Waals surface area contributed by atoms with Crippen LogP contribution in [0.3, 0.4) is 0 Å². The van der Waals surface area contributed by atoms with E-state index in [1.54, 1.807) is 4.90 Å². The number of piperidine rings is 2. The lowest BCUT2D eigenvalue weighted by molar-refractivity contribution is -0.136. The molecular formula is C25H30N6O3. The zero-order valence-corrected chi connectivity index (χ0v) is 19.3. The lowest BCUT2D eigenvalue weighted by Crippen LogP contribution is -2.52. The molecule has 9 nitrogen and oxygen atoms in total. The van der Waals surface area contributed by atoms with Crippen molar-refractivity contribution in [2.75, 3.05) is 19.6 Å². The Labute approximate surface area is 198 Å². The summed E-state index contributed by atoms with van der Waals surface area (Å²) in [5.41, 5.74) is 5.16. The number of carbonyl (C=O) groups is 3. The second-order valence-electron chi connectivity index (χ2n) is 9.86. The third-order valence-corrected chi connectivity index (χ3v) is 7.72. The molecule has 9 heteroatoms. The monoisotopic (exact) mass is 462 g/mol. The van der Waals surface area contributed by atoms with Gasteiger partial charge in [0.1, 0.15) is 6.04 Å². The van der Waals surface area contributed by atoms with Gasteiger partial charge >= 0.3 is 0 Å². The molecule has 4 aliphatic rings. The average Bonchev–Trinajstić information content (AvgIpc) is 3.41. The number of rotatable bonds is 4. The number of aromatic nitrogens is 2. The molecule has 2 atom stereocenters.